The van der Waals surface area contributed by atoms with Crippen molar-refractivity contribution in [1.29, 1.82) is 0 Å². The third-order valence-corrected chi connectivity index (χ3v) is 4.03. The fourth-order valence-electron chi connectivity index (χ4n) is 2.77. The maximum absolute atomic E-state index is 12.1. The van der Waals surface area contributed by atoms with E-state index in [0.717, 1.165) is 39.0 Å². The standard InChI is InChI=1S/C14H25N2O2/c1-2-13-11-16(8-9-18-13)14(17)6-5-12-4-3-7-15-10-12/h12-13H,2-11H2,1H3. The van der Waals surface area contributed by atoms with E-state index in [4.69, 9.17) is 4.74 Å². The van der Waals surface area contributed by atoms with Crippen LogP contribution in [0.5, 0.6) is 0 Å². The Hall–Kier alpha value is -0.610. The highest BCUT2D eigenvalue weighted by molar-refractivity contribution is 5.76. The zero-order valence-corrected chi connectivity index (χ0v) is 11.4. The monoisotopic (exact) mass is 253 g/mol. The Labute approximate surface area is 110 Å². The Morgan fingerprint density at radius 2 is 2.39 bits per heavy atom. The van der Waals surface area contributed by atoms with Crippen LogP contribution in [-0.2, 0) is 9.53 Å². The third kappa shape index (κ3) is 3.95. The number of amides is 1. The van der Waals surface area contributed by atoms with E-state index in [-0.39, 0.29) is 6.10 Å². The molecule has 103 valence electrons. The second-order valence-electron chi connectivity index (χ2n) is 5.42. The first-order valence-corrected chi connectivity index (χ1v) is 7.32. The van der Waals surface area contributed by atoms with Gasteiger partial charge in [0.2, 0.25) is 5.91 Å². The Balaban J connectivity index is 1.70. The number of carbonyl (C=O) groups is 1. The molecule has 0 N–H and O–H groups in total. The molecule has 2 fully saturated rings. The van der Waals surface area contributed by atoms with Crippen molar-refractivity contribution in [1.82, 2.24) is 10.2 Å². The summed E-state index contributed by atoms with van der Waals surface area (Å²) in [5.41, 5.74) is 0. The molecule has 0 aromatic rings. The van der Waals surface area contributed by atoms with Crippen LogP contribution >= 0.6 is 0 Å². The smallest absolute Gasteiger partial charge is 0.222 e. The first kappa shape index (κ1) is 13.8. The predicted molar refractivity (Wildman–Crippen MR) is 70.4 cm³/mol. The number of nitrogens with zero attached hydrogens (tertiary/aromatic N) is 2. The molecule has 0 aromatic carbocycles. The van der Waals surface area contributed by atoms with E-state index in [1.807, 2.05) is 4.90 Å². The number of hydrogen-bond donors (Lipinski definition) is 0. The van der Waals surface area contributed by atoms with Gasteiger partial charge in [0.25, 0.3) is 0 Å². The summed E-state index contributed by atoms with van der Waals surface area (Å²) < 4.78 is 5.59. The van der Waals surface area contributed by atoms with Gasteiger partial charge in [0, 0.05) is 32.6 Å². The molecule has 0 spiro atoms. The van der Waals surface area contributed by atoms with Gasteiger partial charge in [-0.25, -0.2) is 5.32 Å². The summed E-state index contributed by atoms with van der Waals surface area (Å²) in [6.45, 7) is 6.35. The lowest BCUT2D eigenvalue weighted by atomic mass is 9.94. The van der Waals surface area contributed by atoms with Crippen molar-refractivity contribution < 1.29 is 9.53 Å². The topological polar surface area (TPSA) is 43.6 Å². The van der Waals surface area contributed by atoms with E-state index >= 15 is 0 Å². The molecule has 0 aliphatic carbocycles. The molecule has 2 saturated heterocycles. The highest BCUT2D eigenvalue weighted by atomic mass is 16.5. The van der Waals surface area contributed by atoms with Crippen molar-refractivity contribution in [3.63, 3.8) is 0 Å². The zero-order chi connectivity index (χ0) is 12.8. The number of ether oxygens (including phenoxy) is 1. The Morgan fingerprint density at radius 3 is 3.11 bits per heavy atom. The first-order valence-electron chi connectivity index (χ1n) is 7.32. The molecular formula is C14H25N2O2. The lowest BCUT2D eigenvalue weighted by molar-refractivity contribution is -0.139. The predicted octanol–water partition coefficient (Wildman–Crippen LogP) is 1.42. The first-order chi connectivity index (χ1) is 8.79. The van der Waals surface area contributed by atoms with Gasteiger partial charge in [0.15, 0.2) is 0 Å². The summed E-state index contributed by atoms with van der Waals surface area (Å²) in [4.78, 5) is 14.1. The van der Waals surface area contributed by atoms with Crippen molar-refractivity contribution in [2.24, 2.45) is 5.92 Å². The lowest BCUT2D eigenvalue weighted by Gasteiger charge is -2.33. The second kappa shape index (κ2) is 7.10. The largest absolute Gasteiger partial charge is 0.375 e. The fourth-order valence-corrected chi connectivity index (χ4v) is 2.77. The van der Waals surface area contributed by atoms with Crippen molar-refractivity contribution in [3.05, 3.63) is 0 Å². The summed E-state index contributed by atoms with van der Waals surface area (Å²) in [5, 5.41) is 4.43. The quantitative estimate of drug-likeness (QED) is 0.760. The number of rotatable bonds is 4. The van der Waals surface area contributed by atoms with Gasteiger partial charge in [-0.2, -0.15) is 0 Å². The summed E-state index contributed by atoms with van der Waals surface area (Å²) >= 11 is 0. The van der Waals surface area contributed by atoms with Crippen LogP contribution < -0.4 is 5.32 Å². The van der Waals surface area contributed by atoms with Gasteiger partial charge in [-0.3, -0.25) is 4.79 Å². The van der Waals surface area contributed by atoms with Crippen LogP contribution in [0.3, 0.4) is 0 Å². The molecule has 4 heteroatoms. The molecule has 18 heavy (non-hydrogen) atoms. The Kier molecular flexibility index (Phi) is 5.45. The molecular weight excluding hydrogens is 228 g/mol. The molecule has 2 aliphatic heterocycles. The maximum atomic E-state index is 12.1. The average molecular weight is 253 g/mol. The van der Waals surface area contributed by atoms with Gasteiger partial charge in [0.1, 0.15) is 0 Å². The SMILES string of the molecule is CCC1CN(C(=O)CCC2CCC[N]C2)CCO1. The number of piperidine rings is 1. The minimum Gasteiger partial charge on any atom is -0.375 e. The zero-order valence-electron chi connectivity index (χ0n) is 11.4. The van der Waals surface area contributed by atoms with E-state index in [1.165, 1.54) is 12.8 Å². The van der Waals surface area contributed by atoms with Crippen LogP contribution in [0.25, 0.3) is 0 Å². The van der Waals surface area contributed by atoms with Crippen LogP contribution in [-0.4, -0.2) is 49.7 Å². The van der Waals surface area contributed by atoms with Crippen molar-refractivity contribution in [2.75, 3.05) is 32.8 Å². The van der Waals surface area contributed by atoms with E-state index in [2.05, 4.69) is 12.2 Å². The molecule has 1 amide bonds. The van der Waals surface area contributed by atoms with E-state index in [0.29, 0.717) is 24.9 Å². The minimum atomic E-state index is 0.243. The minimum absolute atomic E-state index is 0.243. The van der Waals surface area contributed by atoms with Gasteiger partial charge in [-0.15, -0.1) is 0 Å². The second-order valence-corrected chi connectivity index (χ2v) is 5.42. The fraction of sp³-hybridized carbons (Fsp3) is 0.929. The van der Waals surface area contributed by atoms with Crippen LogP contribution in [0.4, 0.5) is 0 Å². The average Bonchev–Trinajstić information content (AvgIpc) is 2.46. The van der Waals surface area contributed by atoms with Crippen LogP contribution in [0.15, 0.2) is 0 Å². The summed E-state index contributed by atoms with van der Waals surface area (Å²) in [5.74, 6) is 0.952. The molecule has 2 aliphatic rings. The summed E-state index contributed by atoms with van der Waals surface area (Å²) in [6, 6.07) is 0. The molecule has 2 rings (SSSR count). The normalized spacial score (nSPS) is 29.3. The van der Waals surface area contributed by atoms with E-state index in [1.54, 1.807) is 0 Å². The maximum Gasteiger partial charge on any atom is 0.222 e. The van der Waals surface area contributed by atoms with Crippen LogP contribution in [0.1, 0.15) is 39.0 Å². The van der Waals surface area contributed by atoms with E-state index < -0.39 is 0 Å². The number of morpholine rings is 1. The molecule has 2 heterocycles. The molecule has 2 unspecified atom stereocenters. The van der Waals surface area contributed by atoms with Crippen LogP contribution in [0.2, 0.25) is 0 Å². The van der Waals surface area contributed by atoms with Crippen molar-refractivity contribution in [2.45, 2.75) is 45.1 Å². The summed E-state index contributed by atoms with van der Waals surface area (Å²) in [6.07, 6.45) is 5.39. The molecule has 0 bridgehead atoms. The van der Waals surface area contributed by atoms with Crippen LogP contribution in [0, 0.1) is 5.92 Å². The van der Waals surface area contributed by atoms with E-state index in [9.17, 15) is 4.79 Å². The Bertz CT molecular complexity index is 265. The number of carbonyl (C=O) groups excluding carboxylic acids is 1. The number of hydrogen-bond acceptors (Lipinski definition) is 2. The summed E-state index contributed by atoms with van der Waals surface area (Å²) in [7, 11) is 0. The molecule has 0 aromatic heterocycles. The van der Waals surface area contributed by atoms with Gasteiger partial charge >= 0.3 is 0 Å². The highest BCUT2D eigenvalue weighted by Crippen LogP contribution is 2.18. The molecule has 0 saturated carbocycles. The van der Waals surface area contributed by atoms with Crippen molar-refractivity contribution in [3.8, 4) is 0 Å². The third-order valence-electron chi connectivity index (χ3n) is 4.03. The molecule has 1 radical (unpaired) electrons. The molecule has 4 nitrogen and oxygen atoms in total. The van der Waals surface area contributed by atoms with Gasteiger partial charge in [-0.1, -0.05) is 6.92 Å². The highest BCUT2D eigenvalue weighted by Gasteiger charge is 2.23. The van der Waals surface area contributed by atoms with Gasteiger partial charge < -0.3 is 9.64 Å². The molecule has 2 atom stereocenters. The van der Waals surface area contributed by atoms with Gasteiger partial charge in [-0.05, 0) is 31.6 Å². The van der Waals surface area contributed by atoms with Gasteiger partial charge in [0.05, 0.1) is 12.7 Å². The Morgan fingerprint density at radius 1 is 1.50 bits per heavy atom. The lowest BCUT2D eigenvalue weighted by Crippen LogP contribution is -2.45. The van der Waals surface area contributed by atoms with Crippen molar-refractivity contribution >= 4 is 5.91 Å².